The molecule has 0 aliphatic rings. The van der Waals surface area contributed by atoms with Gasteiger partial charge in [0.25, 0.3) is 5.91 Å². The van der Waals surface area contributed by atoms with E-state index in [1.165, 1.54) is 6.20 Å². The number of rotatable bonds is 3. The molecule has 0 radical (unpaired) electrons. The Balaban J connectivity index is 2.25. The Morgan fingerprint density at radius 3 is 2.70 bits per heavy atom. The minimum Gasteiger partial charge on any atom is -0.335 e. The normalized spacial score (nSPS) is 12.0. The lowest BCUT2D eigenvalue weighted by Gasteiger charge is -2.25. The summed E-state index contributed by atoms with van der Waals surface area (Å²) in [7, 11) is 1.74. The summed E-state index contributed by atoms with van der Waals surface area (Å²) in [6, 6.07) is 8.97. The van der Waals surface area contributed by atoms with Crippen molar-refractivity contribution in [2.45, 2.75) is 13.0 Å². The fourth-order valence-electron chi connectivity index (χ4n) is 1.90. The van der Waals surface area contributed by atoms with Crippen LogP contribution < -0.4 is 0 Å². The highest BCUT2D eigenvalue weighted by atomic mass is 35.5. The zero-order chi connectivity index (χ0) is 14.7. The maximum absolute atomic E-state index is 12.4. The Hall–Kier alpha value is -1.58. The molecular formula is C15H14Cl2N2O. The number of benzene rings is 1. The predicted molar refractivity (Wildman–Crippen MR) is 81.2 cm³/mol. The van der Waals surface area contributed by atoms with Gasteiger partial charge in [-0.25, -0.2) is 0 Å². The second-order valence-corrected chi connectivity index (χ2v) is 5.35. The average molecular weight is 309 g/mol. The number of pyridine rings is 1. The van der Waals surface area contributed by atoms with Gasteiger partial charge in [0.15, 0.2) is 0 Å². The van der Waals surface area contributed by atoms with E-state index in [-0.39, 0.29) is 11.9 Å². The summed E-state index contributed by atoms with van der Waals surface area (Å²) >= 11 is 12.0. The number of amides is 1. The van der Waals surface area contributed by atoms with E-state index in [4.69, 9.17) is 23.2 Å². The molecule has 1 aromatic carbocycles. The molecule has 1 heterocycles. The van der Waals surface area contributed by atoms with E-state index in [2.05, 4.69) is 4.98 Å². The SMILES string of the molecule is CC(c1cccc(Cl)c1)N(C)C(=O)c1ccncc1Cl. The standard InChI is InChI=1S/C15H14Cl2N2O/c1-10(11-4-3-5-12(16)8-11)19(2)15(20)13-6-7-18-9-14(13)17/h3-10H,1-2H3. The van der Waals surface area contributed by atoms with Crippen LogP contribution in [0.3, 0.4) is 0 Å². The van der Waals surface area contributed by atoms with Gasteiger partial charge in [0, 0.05) is 24.5 Å². The molecule has 104 valence electrons. The van der Waals surface area contributed by atoms with Crippen molar-refractivity contribution in [3.63, 3.8) is 0 Å². The van der Waals surface area contributed by atoms with Crippen LogP contribution in [0.25, 0.3) is 0 Å². The van der Waals surface area contributed by atoms with Crippen molar-refractivity contribution in [1.29, 1.82) is 0 Å². The summed E-state index contributed by atoms with van der Waals surface area (Å²) in [6.45, 7) is 1.94. The summed E-state index contributed by atoms with van der Waals surface area (Å²) in [5.74, 6) is -0.148. The lowest BCUT2D eigenvalue weighted by Crippen LogP contribution is -2.29. The van der Waals surface area contributed by atoms with Crippen LogP contribution in [0.2, 0.25) is 10.0 Å². The summed E-state index contributed by atoms with van der Waals surface area (Å²) in [6.07, 6.45) is 3.02. The maximum Gasteiger partial charge on any atom is 0.255 e. The molecule has 2 rings (SSSR count). The molecule has 0 fully saturated rings. The second kappa shape index (κ2) is 6.25. The van der Waals surface area contributed by atoms with Crippen molar-refractivity contribution in [3.8, 4) is 0 Å². The first kappa shape index (κ1) is 14.8. The lowest BCUT2D eigenvalue weighted by atomic mass is 10.1. The molecular weight excluding hydrogens is 295 g/mol. The van der Waals surface area contributed by atoms with E-state index in [9.17, 15) is 4.79 Å². The Labute approximate surface area is 128 Å². The maximum atomic E-state index is 12.4. The number of hydrogen-bond donors (Lipinski definition) is 0. The third kappa shape index (κ3) is 3.11. The number of halogens is 2. The number of carbonyl (C=O) groups excluding carboxylic acids is 1. The average Bonchev–Trinajstić information content (AvgIpc) is 2.45. The minimum atomic E-state index is -0.148. The van der Waals surface area contributed by atoms with Crippen LogP contribution in [-0.2, 0) is 0 Å². The van der Waals surface area contributed by atoms with Crippen LogP contribution in [0, 0.1) is 0 Å². The molecule has 0 aliphatic carbocycles. The van der Waals surface area contributed by atoms with E-state index in [1.807, 2.05) is 25.1 Å². The monoisotopic (exact) mass is 308 g/mol. The third-order valence-corrected chi connectivity index (χ3v) is 3.77. The smallest absolute Gasteiger partial charge is 0.255 e. The van der Waals surface area contributed by atoms with Crippen LogP contribution in [-0.4, -0.2) is 22.8 Å². The zero-order valence-electron chi connectivity index (χ0n) is 11.2. The molecule has 1 aromatic heterocycles. The Kier molecular flexibility index (Phi) is 4.63. The summed E-state index contributed by atoms with van der Waals surface area (Å²) in [4.78, 5) is 18.0. The van der Waals surface area contributed by atoms with Gasteiger partial charge in [0.2, 0.25) is 0 Å². The summed E-state index contributed by atoms with van der Waals surface area (Å²) in [5, 5.41) is 1.000. The molecule has 0 saturated carbocycles. The zero-order valence-corrected chi connectivity index (χ0v) is 12.7. The van der Waals surface area contributed by atoms with Gasteiger partial charge in [-0.2, -0.15) is 0 Å². The molecule has 3 nitrogen and oxygen atoms in total. The summed E-state index contributed by atoms with van der Waals surface area (Å²) in [5.41, 5.74) is 1.41. The first-order valence-electron chi connectivity index (χ1n) is 6.13. The third-order valence-electron chi connectivity index (χ3n) is 3.24. The minimum absolute atomic E-state index is 0.106. The molecule has 2 aromatic rings. The quantitative estimate of drug-likeness (QED) is 0.850. The highest BCUT2D eigenvalue weighted by Crippen LogP contribution is 2.24. The van der Waals surface area contributed by atoms with Crippen molar-refractivity contribution >= 4 is 29.1 Å². The van der Waals surface area contributed by atoms with E-state index in [1.54, 1.807) is 30.3 Å². The van der Waals surface area contributed by atoms with Crippen LogP contribution in [0.5, 0.6) is 0 Å². The lowest BCUT2D eigenvalue weighted by molar-refractivity contribution is 0.0742. The molecule has 0 spiro atoms. The topological polar surface area (TPSA) is 33.2 Å². The first-order chi connectivity index (χ1) is 9.50. The van der Waals surface area contributed by atoms with Gasteiger partial charge in [-0.05, 0) is 30.7 Å². The number of hydrogen-bond acceptors (Lipinski definition) is 2. The van der Waals surface area contributed by atoms with Crippen LogP contribution in [0.1, 0.15) is 28.9 Å². The van der Waals surface area contributed by atoms with E-state index < -0.39 is 0 Å². The van der Waals surface area contributed by atoms with Crippen molar-refractivity contribution < 1.29 is 4.79 Å². The van der Waals surface area contributed by atoms with Crippen molar-refractivity contribution in [3.05, 3.63) is 63.9 Å². The molecule has 0 aliphatic heterocycles. The number of carbonyl (C=O) groups is 1. The summed E-state index contributed by atoms with van der Waals surface area (Å²) < 4.78 is 0. The molecule has 20 heavy (non-hydrogen) atoms. The molecule has 0 saturated heterocycles. The van der Waals surface area contributed by atoms with E-state index in [0.717, 1.165) is 5.56 Å². The van der Waals surface area contributed by atoms with Gasteiger partial charge in [-0.3, -0.25) is 9.78 Å². The Morgan fingerprint density at radius 1 is 1.30 bits per heavy atom. The van der Waals surface area contributed by atoms with Gasteiger partial charge in [-0.1, -0.05) is 35.3 Å². The molecule has 1 amide bonds. The van der Waals surface area contributed by atoms with Crippen LogP contribution in [0.4, 0.5) is 0 Å². The van der Waals surface area contributed by atoms with Gasteiger partial charge in [-0.15, -0.1) is 0 Å². The fourth-order valence-corrected chi connectivity index (χ4v) is 2.30. The fraction of sp³-hybridized carbons (Fsp3) is 0.200. The highest BCUT2D eigenvalue weighted by molar-refractivity contribution is 6.33. The second-order valence-electron chi connectivity index (χ2n) is 4.50. The number of aromatic nitrogens is 1. The molecule has 5 heteroatoms. The van der Waals surface area contributed by atoms with Crippen molar-refractivity contribution in [1.82, 2.24) is 9.88 Å². The predicted octanol–water partition coefficient (Wildman–Crippen LogP) is 4.22. The molecule has 1 unspecified atom stereocenters. The van der Waals surface area contributed by atoms with Gasteiger partial charge < -0.3 is 4.90 Å². The van der Waals surface area contributed by atoms with Crippen LogP contribution in [0.15, 0.2) is 42.7 Å². The van der Waals surface area contributed by atoms with Crippen molar-refractivity contribution in [2.24, 2.45) is 0 Å². The Morgan fingerprint density at radius 2 is 2.05 bits per heavy atom. The first-order valence-corrected chi connectivity index (χ1v) is 6.88. The van der Waals surface area contributed by atoms with Crippen molar-refractivity contribution in [2.75, 3.05) is 7.05 Å². The molecule has 0 N–H and O–H groups in total. The molecule has 0 bridgehead atoms. The van der Waals surface area contributed by atoms with E-state index in [0.29, 0.717) is 15.6 Å². The van der Waals surface area contributed by atoms with E-state index >= 15 is 0 Å². The number of nitrogens with zero attached hydrogens (tertiary/aromatic N) is 2. The Bertz CT molecular complexity index is 631. The van der Waals surface area contributed by atoms with Gasteiger partial charge in [0.05, 0.1) is 16.6 Å². The molecule has 1 atom stereocenters. The van der Waals surface area contributed by atoms with Gasteiger partial charge >= 0.3 is 0 Å². The highest BCUT2D eigenvalue weighted by Gasteiger charge is 2.20. The largest absolute Gasteiger partial charge is 0.335 e. The van der Waals surface area contributed by atoms with Crippen LogP contribution >= 0.6 is 23.2 Å². The van der Waals surface area contributed by atoms with Gasteiger partial charge in [0.1, 0.15) is 0 Å².